The molecule has 0 radical (unpaired) electrons. The average molecular weight is 995 g/mol. The van der Waals surface area contributed by atoms with Crippen molar-refractivity contribution in [2.45, 2.75) is 125 Å². The number of fused-ring (bicyclic) bond motifs is 6. The number of aromatic hydroxyl groups is 2. The van der Waals surface area contributed by atoms with Crippen molar-refractivity contribution in [1.29, 1.82) is 0 Å². The molecule has 2 heterocycles. The maximum absolute atomic E-state index is 12.6. The van der Waals surface area contributed by atoms with Gasteiger partial charge in [0.25, 0.3) is 0 Å². The summed E-state index contributed by atoms with van der Waals surface area (Å²) in [6.07, 6.45) is 0.597. The number of phenolic OH excluding ortho intramolecular Hbond substituents is 2. The van der Waals surface area contributed by atoms with E-state index in [2.05, 4.69) is 203 Å². The third-order valence-electron chi connectivity index (χ3n) is 15.1. The van der Waals surface area contributed by atoms with Gasteiger partial charge in [0.1, 0.15) is 23.0 Å². The zero-order valence-corrected chi connectivity index (χ0v) is 46.6. The van der Waals surface area contributed by atoms with E-state index in [9.17, 15) is 10.2 Å². The molecule has 0 aliphatic rings. The Hall–Kier alpha value is -7.44. The van der Waals surface area contributed by atoms with Crippen LogP contribution in [0.1, 0.15) is 123 Å². The topological polar surface area (TPSA) is 68.8 Å². The van der Waals surface area contributed by atoms with Crippen LogP contribution in [0.2, 0.25) is 0 Å². The van der Waals surface area contributed by atoms with Crippen molar-refractivity contribution in [2.24, 2.45) is 0 Å². The molecule has 0 saturated heterocycles. The van der Waals surface area contributed by atoms with Gasteiger partial charge in [-0.2, -0.15) is 0 Å². The van der Waals surface area contributed by atoms with Crippen LogP contribution in [0, 0.1) is 13.8 Å². The molecule has 0 spiro atoms. The van der Waals surface area contributed by atoms with Gasteiger partial charge in [-0.15, -0.1) is 0 Å². The first-order chi connectivity index (χ1) is 35.4. The second-order valence-corrected chi connectivity index (χ2v) is 25.0. The maximum Gasteiger partial charge on any atom is 0.147 e. The van der Waals surface area contributed by atoms with Crippen LogP contribution in [0.25, 0.3) is 77.2 Å². The summed E-state index contributed by atoms with van der Waals surface area (Å²) in [6.45, 7) is 31.9. The Morgan fingerprint density at radius 1 is 0.360 bits per heavy atom. The van der Waals surface area contributed by atoms with Crippen molar-refractivity contribution in [2.75, 3.05) is 13.2 Å². The van der Waals surface area contributed by atoms with Gasteiger partial charge in [-0.05, 0) is 130 Å². The van der Waals surface area contributed by atoms with Crippen molar-refractivity contribution in [3.05, 3.63) is 179 Å². The summed E-state index contributed by atoms with van der Waals surface area (Å²) in [5.41, 5.74) is 15.5. The molecule has 384 valence electrons. The number of benzene rings is 8. The third kappa shape index (κ3) is 9.54. The van der Waals surface area contributed by atoms with E-state index in [4.69, 9.17) is 9.47 Å². The standard InChI is InChI=1S/C69H74N2O4/c1-42-34-54(64(72)60(36-42)70-56-38-44(66(3,4)5)24-28-48(56)49-29-25-45(39-57(49)70)67(6,7)8)52-20-15-17-22-62(52)74-32-19-33-75-63-23-18-16-21-53(63)55-35-43(2)37-61(65(55)73)71-58-40-46(68(9,10)11)26-30-50(58)51-31-27-47(41-59(51)71)69(12,13)14/h15-18,20-31,34-41,72-73H,19,32-33H2,1-14H3. The number of hydrogen-bond acceptors (Lipinski definition) is 4. The Bertz CT molecular complexity index is 3440. The summed E-state index contributed by atoms with van der Waals surface area (Å²) in [4.78, 5) is 0. The normalized spacial score (nSPS) is 12.7. The first-order valence-electron chi connectivity index (χ1n) is 26.7. The number of aryl methyl sites for hydroxylation is 2. The number of para-hydroxylation sites is 2. The van der Waals surface area contributed by atoms with Crippen LogP contribution in [0.5, 0.6) is 23.0 Å². The lowest BCUT2D eigenvalue weighted by molar-refractivity contribution is 0.248. The highest BCUT2D eigenvalue weighted by Gasteiger charge is 2.26. The predicted octanol–water partition coefficient (Wildman–Crippen LogP) is 18.3. The van der Waals surface area contributed by atoms with E-state index in [0.29, 0.717) is 42.3 Å². The van der Waals surface area contributed by atoms with Crippen molar-refractivity contribution in [3.8, 4) is 56.6 Å². The van der Waals surface area contributed by atoms with Gasteiger partial charge in [0.05, 0.1) is 46.7 Å². The molecule has 0 amide bonds. The second-order valence-electron chi connectivity index (χ2n) is 25.0. The molecule has 10 aromatic rings. The number of hydrogen-bond donors (Lipinski definition) is 2. The van der Waals surface area contributed by atoms with E-state index >= 15 is 0 Å². The summed E-state index contributed by atoms with van der Waals surface area (Å²) in [6, 6.07) is 51.3. The molecule has 2 aromatic heterocycles. The van der Waals surface area contributed by atoms with E-state index in [0.717, 1.165) is 77.2 Å². The van der Waals surface area contributed by atoms with E-state index in [1.807, 2.05) is 48.5 Å². The predicted molar refractivity (Wildman–Crippen MR) is 316 cm³/mol. The number of ether oxygens (including phenoxy) is 2. The number of nitrogens with zero attached hydrogens (tertiary/aromatic N) is 2. The molecule has 8 aromatic carbocycles. The minimum atomic E-state index is -0.0612. The first kappa shape index (κ1) is 51.1. The lowest BCUT2D eigenvalue weighted by Gasteiger charge is -2.21. The van der Waals surface area contributed by atoms with Crippen LogP contribution in [0.4, 0.5) is 0 Å². The molecule has 0 bridgehead atoms. The average Bonchev–Trinajstić information content (AvgIpc) is 3.85. The minimum absolute atomic E-state index is 0.0612. The molecule has 6 heteroatoms. The number of phenols is 2. The lowest BCUT2D eigenvalue weighted by Crippen LogP contribution is -2.11. The Balaban J connectivity index is 0.947. The van der Waals surface area contributed by atoms with Crippen molar-refractivity contribution in [3.63, 3.8) is 0 Å². The van der Waals surface area contributed by atoms with Gasteiger partial charge in [-0.1, -0.05) is 168 Å². The smallest absolute Gasteiger partial charge is 0.147 e. The molecule has 75 heavy (non-hydrogen) atoms. The second kappa shape index (κ2) is 18.7. The zero-order valence-electron chi connectivity index (χ0n) is 46.6. The first-order valence-corrected chi connectivity index (χ1v) is 26.7. The quantitative estimate of drug-likeness (QED) is 0.134. The summed E-state index contributed by atoms with van der Waals surface area (Å²) in [5.74, 6) is 1.76. The fraction of sp³-hybridized carbons (Fsp3) is 0.304. The highest BCUT2D eigenvalue weighted by molar-refractivity contribution is 6.11. The van der Waals surface area contributed by atoms with Gasteiger partial charge in [-0.25, -0.2) is 0 Å². The van der Waals surface area contributed by atoms with Crippen LogP contribution in [-0.4, -0.2) is 32.6 Å². The van der Waals surface area contributed by atoms with Crippen molar-refractivity contribution in [1.82, 2.24) is 9.13 Å². The zero-order chi connectivity index (χ0) is 53.5. The molecule has 0 aliphatic heterocycles. The van der Waals surface area contributed by atoms with Crippen LogP contribution >= 0.6 is 0 Å². The van der Waals surface area contributed by atoms with Crippen LogP contribution < -0.4 is 9.47 Å². The Morgan fingerprint density at radius 2 is 0.653 bits per heavy atom. The summed E-state index contributed by atoms with van der Waals surface area (Å²) in [5, 5.41) is 29.7. The van der Waals surface area contributed by atoms with Crippen LogP contribution in [-0.2, 0) is 21.7 Å². The fourth-order valence-corrected chi connectivity index (χ4v) is 10.7. The molecule has 6 nitrogen and oxygen atoms in total. The fourth-order valence-electron chi connectivity index (χ4n) is 10.7. The van der Waals surface area contributed by atoms with Crippen LogP contribution in [0.3, 0.4) is 0 Å². The van der Waals surface area contributed by atoms with E-state index in [1.54, 1.807) is 0 Å². The monoisotopic (exact) mass is 995 g/mol. The Labute approximate surface area is 444 Å². The van der Waals surface area contributed by atoms with E-state index in [-0.39, 0.29) is 33.2 Å². The Kier molecular flexibility index (Phi) is 12.8. The van der Waals surface area contributed by atoms with Gasteiger partial charge in [-0.3, -0.25) is 0 Å². The highest BCUT2D eigenvalue weighted by Crippen LogP contribution is 2.47. The van der Waals surface area contributed by atoms with E-state index in [1.165, 1.54) is 22.3 Å². The molecule has 0 atom stereocenters. The van der Waals surface area contributed by atoms with E-state index < -0.39 is 0 Å². The maximum atomic E-state index is 12.6. The van der Waals surface area contributed by atoms with Gasteiger partial charge in [0.15, 0.2) is 0 Å². The Morgan fingerprint density at radius 3 is 0.947 bits per heavy atom. The van der Waals surface area contributed by atoms with Crippen LogP contribution in [0.15, 0.2) is 146 Å². The lowest BCUT2D eigenvalue weighted by atomic mass is 9.86. The van der Waals surface area contributed by atoms with Gasteiger partial charge in [0, 0.05) is 50.2 Å². The third-order valence-corrected chi connectivity index (χ3v) is 15.1. The molecule has 0 aliphatic carbocycles. The molecular weight excluding hydrogens is 921 g/mol. The highest BCUT2D eigenvalue weighted by atomic mass is 16.5. The van der Waals surface area contributed by atoms with Gasteiger partial charge < -0.3 is 28.8 Å². The van der Waals surface area contributed by atoms with Crippen molar-refractivity contribution >= 4 is 43.6 Å². The SMILES string of the molecule is Cc1cc(-c2ccccc2OCCCOc2ccccc2-c2cc(C)cc(-n3c4cc(C(C)(C)C)ccc4c4ccc(C(C)(C)C)cc43)c2O)c(O)c(-n2c3cc(C(C)(C)C)ccc3c3ccc(C(C)(C)C)cc32)c1. The molecule has 0 unspecified atom stereocenters. The van der Waals surface area contributed by atoms with Gasteiger partial charge in [0.2, 0.25) is 0 Å². The summed E-state index contributed by atoms with van der Waals surface area (Å²) < 4.78 is 17.7. The largest absolute Gasteiger partial charge is 0.505 e. The summed E-state index contributed by atoms with van der Waals surface area (Å²) in [7, 11) is 0. The number of aromatic nitrogens is 2. The number of rotatable bonds is 10. The molecule has 2 N–H and O–H groups in total. The molecule has 10 rings (SSSR count). The molecule has 0 saturated carbocycles. The minimum Gasteiger partial charge on any atom is -0.505 e. The van der Waals surface area contributed by atoms with Gasteiger partial charge >= 0.3 is 0 Å². The molecular formula is C69H74N2O4. The molecule has 0 fully saturated rings. The summed E-state index contributed by atoms with van der Waals surface area (Å²) >= 11 is 0. The van der Waals surface area contributed by atoms with Crippen molar-refractivity contribution < 1.29 is 19.7 Å².